The van der Waals surface area contributed by atoms with E-state index in [9.17, 15) is 34.2 Å². The lowest BCUT2D eigenvalue weighted by atomic mass is 9.43. The first-order valence-electron chi connectivity index (χ1n) is 15.0. The van der Waals surface area contributed by atoms with Gasteiger partial charge in [0.05, 0.1) is 10.8 Å². The minimum absolute atomic E-state index is 0.120. The van der Waals surface area contributed by atoms with Gasteiger partial charge in [0, 0.05) is 44.1 Å². The number of aliphatic hydroxyl groups is 2. The molecule has 1 aromatic carbocycles. The Kier molecular flexibility index (Phi) is 7.69. The molecule has 9 unspecified atom stereocenters. The van der Waals surface area contributed by atoms with Crippen LogP contribution in [0.3, 0.4) is 0 Å². The van der Waals surface area contributed by atoms with Gasteiger partial charge < -0.3 is 29.2 Å². The normalized spacial score (nSPS) is 39.5. The third-order valence-corrected chi connectivity index (χ3v) is 11.2. The fourth-order valence-corrected chi connectivity index (χ4v) is 9.64. The van der Waals surface area contributed by atoms with Gasteiger partial charge in [0.2, 0.25) is 0 Å². The van der Waals surface area contributed by atoms with Crippen LogP contribution in [-0.2, 0) is 42.9 Å². The molecule has 4 aliphatic carbocycles. The van der Waals surface area contributed by atoms with Crippen LogP contribution >= 0.6 is 0 Å². The van der Waals surface area contributed by atoms with Crippen molar-refractivity contribution in [2.45, 2.75) is 96.9 Å². The molecule has 11 heteroatoms. The van der Waals surface area contributed by atoms with E-state index in [1.807, 2.05) is 30.3 Å². The van der Waals surface area contributed by atoms with Crippen LogP contribution in [0.2, 0.25) is 0 Å². The summed E-state index contributed by atoms with van der Waals surface area (Å²) < 4.78 is 23.8. The van der Waals surface area contributed by atoms with Crippen molar-refractivity contribution in [2.24, 2.45) is 21.7 Å². The number of carbonyl (C=O) groups excluding carboxylic acids is 5. The highest BCUT2D eigenvalue weighted by molar-refractivity contribution is 5.90. The highest BCUT2D eigenvalue weighted by atomic mass is 16.6. The van der Waals surface area contributed by atoms with Crippen molar-refractivity contribution < 1.29 is 53.1 Å². The molecule has 0 radical (unpaired) electrons. The molecule has 2 spiro atoms. The van der Waals surface area contributed by atoms with Crippen molar-refractivity contribution in [1.29, 1.82) is 0 Å². The number of hydrogen-bond acceptors (Lipinski definition) is 11. The maximum Gasteiger partial charge on any atom is 0.331 e. The Balaban J connectivity index is 1.77. The van der Waals surface area contributed by atoms with E-state index in [4.69, 9.17) is 18.9 Å². The van der Waals surface area contributed by atoms with Gasteiger partial charge >= 0.3 is 23.9 Å². The van der Waals surface area contributed by atoms with Gasteiger partial charge in [0.15, 0.2) is 5.78 Å². The summed E-state index contributed by atoms with van der Waals surface area (Å²) in [6, 6.07) is 9.10. The van der Waals surface area contributed by atoms with Gasteiger partial charge in [0.25, 0.3) is 0 Å². The van der Waals surface area contributed by atoms with Gasteiger partial charge in [0.1, 0.15) is 36.1 Å². The Morgan fingerprint density at radius 1 is 0.911 bits per heavy atom. The molecule has 0 aliphatic heterocycles. The predicted octanol–water partition coefficient (Wildman–Crippen LogP) is 2.85. The topological polar surface area (TPSA) is 163 Å². The number of benzene rings is 1. The van der Waals surface area contributed by atoms with Crippen LogP contribution in [0.15, 0.2) is 48.6 Å². The summed E-state index contributed by atoms with van der Waals surface area (Å²) in [6.07, 6.45) is -4.70. The number of rotatable bonds is 6. The molecule has 1 aromatic rings. The summed E-state index contributed by atoms with van der Waals surface area (Å²) in [7, 11) is 0. The molecule has 0 amide bonds. The molecule has 9 atom stereocenters. The SMILES string of the molecule is C=C1C(OC(=O)C=Cc2ccccc2)CCC2(C)C(OC(C)=O)C(OC(C)=O)C34C(O)C(=O)CC(O)(C(OC(C)=O)C123)C4(C)C. The lowest BCUT2D eigenvalue weighted by Gasteiger charge is -2.59. The van der Waals surface area contributed by atoms with Crippen molar-refractivity contribution in [2.75, 3.05) is 0 Å². The summed E-state index contributed by atoms with van der Waals surface area (Å²) >= 11 is 0. The largest absolute Gasteiger partial charge is 0.458 e. The maximum absolute atomic E-state index is 13.7. The van der Waals surface area contributed by atoms with Crippen molar-refractivity contribution in [1.82, 2.24) is 0 Å². The Labute approximate surface area is 261 Å². The van der Waals surface area contributed by atoms with E-state index in [1.54, 1.807) is 26.8 Å². The Morgan fingerprint density at radius 3 is 2.07 bits per heavy atom. The van der Waals surface area contributed by atoms with Crippen LogP contribution in [0.4, 0.5) is 0 Å². The summed E-state index contributed by atoms with van der Waals surface area (Å²) in [5.41, 5.74) is -7.84. The lowest BCUT2D eigenvalue weighted by molar-refractivity contribution is -0.229. The molecule has 11 nitrogen and oxygen atoms in total. The fraction of sp³-hybridized carbons (Fsp3) is 0.559. The van der Waals surface area contributed by atoms with Crippen LogP contribution in [0, 0.1) is 21.7 Å². The van der Waals surface area contributed by atoms with Crippen molar-refractivity contribution >= 4 is 35.7 Å². The van der Waals surface area contributed by atoms with Crippen LogP contribution in [0.1, 0.15) is 66.4 Å². The van der Waals surface area contributed by atoms with E-state index in [0.29, 0.717) is 0 Å². The first kappa shape index (κ1) is 32.6. The van der Waals surface area contributed by atoms with E-state index in [2.05, 4.69) is 6.58 Å². The van der Waals surface area contributed by atoms with Crippen LogP contribution in [-0.4, -0.2) is 76.0 Å². The first-order valence-corrected chi connectivity index (χ1v) is 15.0. The van der Waals surface area contributed by atoms with Gasteiger partial charge in [-0.05, 0) is 30.1 Å². The Morgan fingerprint density at radius 2 is 1.49 bits per heavy atom. The number of carbonyl (C=O) groups is 5. The Hall–Kier alpha value is -3.83. The summed E-state index contributed by atoms with van der Waals surface area (Å²) in [6.45, 7) is 12.8. The van der Waals surface area contributed by atoms with Crippen LogP contribution in [0.5, 0.6) is 0 Å². The molecule has 45 heavy (non-hydrogen) atoms. The van der Waals surface area contributed by atoms with E-state index in [1.165, 1.54) is 13.0 Å². The predicted molar refractivity (Wildman–Crippen MR) is 158 cm³/mol. The van der Waals surface area contributed by atoms with Gasteiger partial charge in [-0.3, -0.25) is 19.2 Å². The minimum atomic E-state index is -2.10. The number of ether oxygens (including phenoxy) is 4. The second-order valence-corrected chi connectivity index (χ2v) is 13.5. The average molecular weight is 625 g/mol. The van der Waals surface area contributed by atoms with E-state index < -0.39 is 93.9 Å². The van der Waals surface area contributed by atoms with E-state index >= 15 is 0 Å². The molecule has 242 valence electrons. The number of fused-ring (bicyclic) bond motifs is 1. The number of Topliss-reactive ketones (excluding diaryl/α,β-unsaturated/α-hetero) is 1. The molecule has 4 aliphatic rings. The highest BCUT2D eigenvalue weighted by Gasteiger charge is 2.96. The molecule has 2 N–H and O–H groups in total. The molecule has 4 fully saturated rings. The second-order valence-electron chi connectivity index (χ2n) is 13.5. The van der Waals surface area contributed by atoms with Crippen molar-refractivity contribution in [3.8, 4) is 0 Å². The average Bonchev–Trinajstić information content (AvgIpc) is 3.17. The van der Waals surface area contributed by atoms with Gasteiger partial charge in [-0.15, -0.1) is 0 Å². The molecule has 5 rings (SSSR count). The third kappa shape index (κ3) is 4.05. The molecular formula is C34H40O11. The highest BCUT2D eigenvalue weighted by Crippen LogP contribution is 2.86. The second kappa shape index (κ2) is 10.6. The summed E-state index contributed by atoms with van der Waals surface area (Å²) in [4.78, 5) is 65.0. The maximum atomic E-state index is 13.7. The molecule has 0 saturated heterocycles. The smallest absolute Gasteiger partial charge is 0.331 e. The minimum Gasteiger partial charge on any atom is -0.458 e. The fourth-order valence-electron chi connectivity index (χ4n) is 9.64. The molecule has 0 aromatic heterocycles. The van der Waals surface area contributed by atoms with Gasteiger partial charge in [-0.2, -0.15) is 0 Å². The summed E-state index contributed by atoms with van der Waals surface area (Å²) in [5.74, 6) is -3.77. The number of ketones is 1. The zero-order valence-corrected chi connectivity index (χ0v) is 26.3. The Bertz CT molecular complexity index is 1500. The molecule has 4 saturated carbocycles. The van der Waals surface area contributed by atoms with Crippen LogP contribution in [0.25, 0.3) is 6.08 Å². The number of esters is 4. The third-order valence-electron chi connectivity index (χ3n) is 11.2. The zero-order chi connectivity index (χ0) is 33.3. The standard InChI is InChI=1S/C34H40O11/c1-18-24(45-25(39)14-13-22-11-9-8-10-12-22)15-16-31(7)27(42-19(2)35)28(43-20(3)36)34-26(40)23(38)17-32(41,30(34,5)6)29(33(18,31)34)44-21(4)37/h8-14,24,26-29,40-41H,1,15-17H2,2-7H3. The first-order chi connectivity index (χ1) is 20.9. The lowest BCUT2D eigenvalue weighted by Crippen LogP contribution is -2.68. The molecular weight excluding hydrogens is 584 g/mol. The zero-order valence-electron chi connectivity index (χ0n) is 26.3. The number of hydrogen-bond donors (Lipinski definition) is 2. The van der Waals surface area contributed by atoms with Crippen molar-refractivity contribution in [3.63, 3.8) is 0 Å². The molecule has 0 heterocycles. The quantitative estimate of drug-likeness (QED) is 0.207. The molecule has 2 bridgehead atoms. The van der Waals surface area contributed by atoms with Crippen molar-refractivity contribution in [3.05, 3.63) is 54.1 Å². The monoisotopic (exact) mass is 624 g/mol. The summed E-state index contributed by atoms with van der Waals surface area (Å²) in [5, 5.41) is 24.7. The number of aliphatic hydroxyl groups excluding tert-OH is 1. The van der Waals surface area contributed by atoms with Gasteiger partial charge in [-0.1, -0.05) is 57.7 Å². The van der Waals surface area contributed by atoms with E-state index in [-0.39, 0.29) is 18.4 Å². The van der Waals surface area contributed by atoms with Gasteiger partial charge in [-0.25, -0.2) is 4.79 Å². The van der Waals surface area contributed by atoms with E-state index in [0.717, 1.165) is 19.4 Å². The van der Waals surface area contributed by atoms with Crippen LogP contribution < -0.4 is 0 Å².